The van der Waals surface area contributed by atoms with Gasteiger partial charge in [-0.25, -0.2) is 8.42 Å². The van der Waals surface area contributed by atoms with Gasteiger partial charge in [0, 0.05) is 23.4 Å². The first kappa shape index (κ1) is 20.9. The van der Waals surface area contributed by atoms with E-state index >= 15 is 0 Å². The van der Waals surface area contributed by atoms with Crippen molar-refractivity contribution in [2.75, 3.05) is 17.5 Å². The van der Waals surface area contributed by atoms with Crippen molar-refractivity contribution in [1.29, 1.82) is 0 Å². The highest BCUT2D eigenvalue weighted by atomic mass is 32.2. The maximum Gasteiger partial charge on any atom is 0.251 e. The van der Waals surface area contributed by atoms with Crippen LogP contribution in [0.25, 0.3) is 0 Å². The average molecular weight is 404 g/mol. The van der Waals surface area contributed by atoms with Gasteiger partial charge in [0.05, 0.1) is 12.8 Å². The number of primary amides is 1. The molecule has 0 fully saturated rings. The molecule has 2 aromatic rings. The van der Waals surface area contributed by atoms with Crippen LogP contribution in [0.5, 0.6) is 0 Å². The fourth-order valence-electron chi connectivity index (χ4n) is 2.23. The van der Waals surface area contributed by atoms with Crippen molar-refractivity contribution in [1.82, 2.24) is 10.6 Å². The van der Waals surface area contributed by atoms with E-state index < -0.39 is 21.8 Å². The summed E-state index contributed by atoms with van der Waals surface area (Å²) in [6, 6.07) is 12.5. The number of rotatable bonds is 8. The molecule has 0 heterocycles. The van der Waals surface area contributed by atoms with Crippen LogP contribution in [0.1, 0.15) is 26.3 Å². The monoisotopic (exact) mass is 404 g/mol. The first-order valence-corrected chi connectivity index (χ1v) is 10.0. The number of nitrogens with two attached hydrogens (primary N) is 1. The summed E-state index contributed by atoms with van der Waals surface area (Å²) < 4.78 is 24.7. The minimum atomic E-state index is -3.38. The molecule has 0 radical (unpaired) electrons. The van der Waals surface area contributed by atoms with Crippen LogP contribution >= 0.6 is 0 Å². The minimum Gasteiger partial charge on any atom is -0.368 e. The summed E-state index contributed by atoms with van der Waals surface area (Å²) in [5, 5.41) is 5.11. The number of anilines is 1. The van der Waals surface area contributed by atoms with Crippen molar-refractivity contribution in [3.63, 3.8) is 0 Å². The summed E-state index contributed by atoms with van der Waals surface area (Å²) in [6.07, 6.45) is 1.04. The van der Waals surface area contributed by atoms with Gasteiger partial charge in [-0.15, -0.1) is 0 Å². The Morgan fingerprint density at radius 2 is 1.36 bits per heavy atom. The summed E-state index contributed by atoms with van der Waals surface area (Å²) >= 11 is 0. The Bertz CT molecular complexity index is 970. The third-order valence-corrected chi connectivity index (χ3v) is 4.15. The molecule has 2 aromatic carbocycles. The smallest absolute Gasteiger partial charge is 0.251 e. The molecule has 0 spiro atoms. The SMILES string of the molecule is CS(=O)(=O)Nc1ccc(C(=O)NCc2ccc(C(=O)NCC(N)=O)cc2)cc1. The van der Waals surface area contributed by atoms with Gasteiger partial charge in [-0.2, -0.15) is 0 Å². The largest absolute Gasteiger partial charge is 0.368 e. The lowest BCUT2D eigenvalue weighted by molar-refractivity contribution is -0.117. The van der Waals surface area contributed by atoms with Gasteiger partial charge >= 0.3 is 0 Å². The molecule has 0 saturated heterocycles. The van der Waals surface area contributed by atoms with Gasteiger partial charge in [-0.1, -0.05) is 12.1 Å². The summed E-state index contributed by atoms with van der Waals surface area (Å²) in [5.74, 6) is -1.38. The molecule has 148 valence electrons. The molecule has 3 amide bonds. The molecule has 0 atom stereocenters. The standard InChI is InChI=1S/C18H20N4O5S/c1-28(26,27)22-15-8-6-14(7-9-15)17(24)20-10-12-2-4-13(5-3-12)18(25)21-11-16(19)23/h2-9,22H,10-11H2,1H3,(H2,19,23)(H,20,24)(H,21,25). The first-order valence-electron chi connectivity index (χ1n) is 8.15. The van der Waals surface area contributed by atoms with Crippen molar-refractivity contribution in [3.05, 3.63) is 65.2 Å². The molecule has 0 unspecified atom stereocenters. The number of benzene rings is 2. The van der Waals surface area contributed by atoms with E-state index in [1.54, 1.807) is 24.3 Å². The molecule has 0 aliphatic carbocycles. The van der Waals surface area contributed by atoms with Gasteiger partial charge < -0.3 is 16.4 Å². The van der Waals surface area contributed by atoms with Gasteiger partial charge in [-0.3, -0.25) is 19.1 Å². The Hall–Kier alpha value is -3.40. The lowest BCUT2D eigenvalue weighted by atomic mass is 10.1. The predicted octanol–water partition coefficient (Wildman–Crippen LogP) is 0.203. The van der Waals surface area contributed by atoms with E-state index in [0.717, 1.165) is 11.8 Å². The highest BCUT2D eigenvalue weighted by Gasteiger charge is 2.09. The third-order valence-electron chi connectivity index (χ3n) is 3.54. The number of sulfonamides is 1. The van der Waals surface area contributed by atoms with Gasteiger partial charge in [0.1, 0.15) is 0 Å². The summed E-state index contributed by atoms with van der Waals surface area (Å²) in [7, 11) is -3.38. The van der Waals surface area contributed by atoms with Crippen molar-refractivity contribution < 1.29 is 22.8 Å². The van der Waals surface area contributed by atoms with Gasteiger partial charge in [0.25, 0.3) is 11.8 Å². The predicted molar refractivity (Wildman–Crippen MR) is 104 cm³/mol. The van der Waals surface area contributed by atoms with Crippen LogP contribution in [-0.2, 0) is 21.4 Å². The second-order valence-corrected chi connectivity index (χ2v) is 7.73. The Morgan fingerprint density at radius 1 is 0.857 bits per heavy atom. The molecule has 0 bridgehead atoms. The van der Waals surface area contributed by atoms with E-state index in [1.807, 2.05) is 0 Å². The Labute approximate surface area is 162 Å². The molecule has 0 aromatic heterocycles. The lowest BCUT2D eigenvalue weighted by Crippen LogP contribution is -2.33. The van der Waals surface area contributed by atoms with Crippen molar-refractivity contribution >= 4 is 33.4 Å². The normalized spacial score (nSPS) is 10.8. The van der Waals surface area contributed by atoms with Gasteiger partial charge in [-0.05, 0) is 42.0 Å². The van der Waals surface area contributed by atoms with E-state index in [1.165, 1.54) is 24.3 Å². The number of hydrogen-bond donors (Lipinski definition) is 4. The van der Waals surface area contributed by atoms with Gasteiger partial charge in [0.2, 0.25) is 15.9 Å². The summed E-state index contributed by atoms with van der Waals surface area (Å²) in [5.41, 5.74) is 6.85. The number of amides is 3. The average Bonchev–Trinajstić information content (AvgIpc) is 2.64. The van der Waals surface area contributed by atoms with Crippen LogP contribution < -0.4 is 21.1 Å². The van der Waals surface area contributed by atoms with Crippen molar-refractivity contribution in [2.24, 2.45) is 5.73 Å². The molecule has 0 saturated carbocycles. The molecular weight excluding hydrogens is 384 g/mol. The highest BCUT2D eigenvalue weighted by molar-refractivity contribution is 7.92. The van der Waals surface area contributed by atoms with Gasteiger partial charge in [0.15, 0.2) is 0 Å². The molecule has 10 heteroatoms. The molecule has 0 aliphatic heterocycles. The second kappa shape index (κ2) is 9.00. The molecule has 28 heavy (non-hydrogen) atoms. The van der Waals surface area contributed by atoms with Crippen LogP contribution in [0.3, 0.4) is 0 Å². The van der Waals surface area contributed by atoms with Crippen LogP contribution in [0.4, 0.5) is 5.69 Å². The fraction of sp³-hybridized carbons (Fsp3) is 0.167. The van der Waals surface area contributed by atoms with E-state index in [9.17, 15) is 22.8 Å². The molecule has 9 nitrogen and oxygen atoms in total. The maximum atomic E-state index is 12.2. The molecule has 2 rings (SSSR count). The lowest BCUT2D eigenvalue weighted by Gasteiger charge is -2.08. The third kappa shape index (κ3) is 6.72. The maximum absolute atomic E-state index is 12.2. The molecule has 5 N–H and O–H groups in total. The zero-order valence-electron chi connectivity index (χ0n) is 15.1. The quantitative estimate of drug-likeness (QED) is 0.496. The van der Waals surface area contributed by atoms with Crippen molar-refractivity contribution in [2.45, 2.75) is 6.54 Å². The summed E-state index contributed by atoms with van der Waals surface area (Å²) in [6.45, 7) is 0.000493. The number of hydrogen-bond acceptors (Lipinski definition) is 5. The number of carbonyl (C=O) groups excluding carboxylic acids is 3. The van der Waals surface area contributed by atoms with E-state index in [-0.39, 0.29) is 19.0 Å². The van der Waals surface area contributed by atoms with Crippen LogP contribution in [0.15, 0.2) is 48.5 Å². The highest BCUT2D eigenvalue weighted by Crippen LogP contribution is 2.11. The Balaban J connectivity index is 1.90. The Morgan fingerprint density at radius 3 is 1.86 bits per heavy atom. The number of carbonyl (C=O) groups is 3. The van der Waals surface area contributed by atoms with E-state index in [4.69, 9.17) is 5.73 Å². The molecule has 0 aliphatic rings. The minimum absolute atomic E-state index is 0.241. The molecular formula is C18H20N4O5S. The van der Waals surface area contributed by atoms with Crippen LogP contribution in [0, 0.1) is 0 Å². The second-order valence-electron chi connectivity index (χ2n) is 5.98. The number of nitrogens with one attached hydrogen (secondary N) is 3. The van der Waals surface area contributed by atoms with E-state index in [2.05, 4.69) is 15.4 Å². The fourth-order valence-corrected chi connectivity index (χ4v) is 2.80. The van der Waals surface area contributed by atoms with Crippen molar-refractivity contribution in [3.8, 4) is 0 Å². The van der Waals surface area contributed by atoms with Crippen LogP contribution in [-0.4, -0.2) is 38.9 Å². The zero-order valence-corrected chi connectivity index (χ0v) is 15.9. The summed E-state index contributed by atoms with van der Waals surface area (Å²) in [4.78, 5) is 34.6. The van der Waals surface area contributed by atoms with E-state index in [0.29, 0.717) is 16.8 Å². The van der Waals surface area contributed by atoms with Crippen LogP contribution in [0.2, 0.25) is 0 Å². The Kier molecular flexibility index (Phi) is 6.72. The first-order chi connectivity index (χ1) is 13.1. The topological polar surface area (TPSA) is 147 Å². The zero-order chi connectivity index (χ0) is 20.7.